The third-order valence-corrected chi connectivity index (χ3v) is 5.22. The SMILES string of the molecule is Cn1c(C=C2SC(=Nc3ccccc3Cl)NC2=O)cc2ccccc21. The number of rotatable bonds is 2. The summed E-state index contributed by atoms with van der Waals surface area (Å²) in [6, 6.07) is 17.5. The lowest BCUT2D eigenvalue weighted by atomic mass is 10.2. The number of para-hydroxylation sites is 2. The maximum Gasteiger partial charge on any atom is 0.264 e. The van der Waals surface area contributed by atoms with Crippen molar-refractivity contribution in [1.82, 2.24) is 9.88 Å². The highest BCUT2D eigenvalue weighted by molar-refractivity contribution is 8.18. The van der Waals surface area contributed by atoms with Crippen molar-refractivity contribution >= 4 is 57.1 Å². The average Bonchev–Trinajstić information content (AvgIpc) is 3.11. The second-order valence-corrected chi connectivity index (χ2v) is 7.06. The van der Waals surface area contributed by atoms with Crippen LogP contribution in [0.25, 0.3) is 17.0 Å². The van der Waals surface area contributed by atoms with Gasteiger partial charge < -0.3 is 9.88 Å². The lowest BCUT2D eigenvalue weighted by Gasteiger charge is -1.99. The number of fused-ring (bicyclic) bond motifs is 1. The molecule has 3 aromatic rings. The molecule has 0 atom stereocenters. The number of halogens is 1. The summed E-state index contributed by atoms with van der Waals surface area (Å²) in [6.45, 7) is 0. The molecule has 0 unspecified atom stereocenters. The zero-order valence-corrected chi connectivity index (χ0v) is 14.9. The van der Waals surface area contributed by atoms with Crippen molar-refractivity contribution in [2.45, 2.75) is 0 Å². The highest BCUT2D eigenvalue weighted by Crippen LogP contribution is 2.31. The lowest BCUT2D eigenvalue weighted by molar-refractivity contribution is -0.115. The normalized spacial score (nSPS) is 17.6. The van der Waals surface area contributed by atoms with Gasteiger partial charge in [0.1, 0.15) is 0 Å². The number of nitrogens with zero attached hydrogens (tertiary/aromatic N) is 2. The van der Waals surface area contributed by atoms with Crippen molar-refractivity contribution in [3.8, 4) is 0 Å². The summed E-state index contributed by atoms with van der Waals surface area (Å²) >= 11 is 7.44. The molecule has 0 aliphatic carbocycles. The zero-order valence-electron chi connectivity index (χ0n) is 13.4. The standard InChI is InChI=1S/C19H14ClN3OS/c1-23-13(10-12-6-2-5-9-16(12)23)11-17-18(24)22-19(25-17)21-15-8-4-3-7-14(15)20/h2-11H,1H3,(H,21,22,24). The first-order chi connectivity index (χ1) is 12.1. The minimum Gasteiger partial charge on any atom is -0.344 e. The van der Waals surface area contributed by atoms with E-state index in [1.165, 1.54) is 11.8 Å². The van der Waals surface area contributed by atoms with Gasteiger partial charge in [0.2, 0.25) is 0 Å². The Morgan fingerprint density at radius 2 is 1.92 bits per heavy atom. The second-order valence-electron chi connectivity index (χ2n) is 5.62. The predicted octanol–water partition coefficient (Wildman–Crippen LogP) is 4.72. The van der Waals surface area contributed by atoms with Crippen LogP contribution in [0, 0.1) is 0 Å². The molecule has 2 heterocycles. The fourth-order valence-electron chi connectivity index (χ4n) is 2.72. The summed E-state index contributed by atoms with van der Waals surface area (Å²) in [7, 11) is 1.99. The van der Waals surface area contributed by atoms with Gasteiger partial charge in [-0.15, -0.1) is 0 Å². The third kappa shape index (κ3) is 3.08. The van der Waals surface area contributed by atoms with E-state index in [9.17, 15) is 4.79 Å². The van der Waals surface area contributed by atoms with E-state index >= 15 is 0 Å². The number of thioether (sulfide) groups is 1. The van der Waals surface area contributed by atoms with Gasteiger partial charge in [0, 0.05) is 23.6 Å². The average molecular weight is 368 g/mol. The molecule has 2 aromatic carbocycles. The van der Waals surface area contributed by atoms with Gasteiger partial charge in [-0.25, -0.2) is 4.99 Å². The van der Waals surface area contributed by atoms with E-state index in [-0.39, 0.29) is 5.91 Å². The highest BCUT2D eigenvalue weighted by Gasteiger charge is 2.24. The molecule has 124 valence electrons. The largest absolute Gasteiger partial charge is 0.344 e. The Morgan fingerprint density at radius 1 is 1.16 bits per heavy atom. The van der Waals surface area contributed by atoms with Gasteiger partial charge in [0.15, 0.2) is 5.17 Å². The first kappa shape index (κ1) is 16.0. The molecule has 25 heavy (non-hydrogen) atoms. The summed E-state index contributed by atoms with van der Waals surface area (Å²) in [5.41, 5.74) is 2.73. The number of amides is 1. The summed E-state index contributed by atoms with van der Waals surface area (Å²) < 4.78 is 2.07. The number of nitrogens with one attached hydrogen (secondary N) is 1. The molecular weight excluding hydrogens is 354 g/mol. The third-order valence-electron chi connectivity index (χ3n) is 3.99. The van der Waals surface area contributed by atoms with Crippen LogP contribution in [0.15, 0.2) is 64.5 Å². The number of aryl methyl sites for hydroxylation is 1. The summed E-state index contributed by atoms with van der Waals surface area (Å²) in [5.74, 6) is -0.152. The predicted molar refractivity (Wildman–Crippen MR) is 105 cm³/mol. The molecule has 0 spiro atoms. The molecule has 0 saturated carbocycles. The molecule has 4 rings (SSSR count). The van der Waals surface area contributed by atoms with E-state index in [1.54, 1.807) is 6.07 Å². The van der Waals surface area contributed by atoms with Crippen molar-refractivity contribution in [3.63, 3.8) is 0 Å². The number of benzene rings is 2. The molecule has 0 radical (unpaired) electrons. The Kier molecular flexibility index (Phi) is 4.11. The van der Waals surface area contributed by atoms with Crippen LogP contribution >= 0.6 is 23.4 Å². The minimum absolute atomic E-state index is 0.152. The van der Waals surface area contributed by atoms with Gasteiger partial charge in [-0.3, -0.25) is 4.79 Å². The topological polar surface area (TPSA) is 46.4 Å². The van der Waals surface area contributed by atoms with Crippen molar-refractivity contribution in [2.75, 3.05) is 0 Å². The van der Waals surface area contributed by atoms with Gasteiger partial charge in [-0.1, -0.05) is 41.9 Å². The molecule has 1 aromatic heterocycles. The van der Waals surface area contributed by atoms with E-state index in [4.69, 9.17) is 11.6 Å². The maximum absolute atomic E-state index is 12.3. The van der Waals surface area contributed by atoms with Crippen molar-refractivity contribution in [1.29, 1.82) is 0 Å². The van der Waals surface area contributed by atoms with Crippen LogP contribution in [0.3, 0.4) is 0 Å². The number of hydrogen-bond donors (Lipinski definition) is 1. The lowest BCUT2D eigenvalue weighted by Crippen LogP contribution is -2.19. The monoisotopic (exact) mass is 367 g/mol. The molecule has 1 saturated heterocycles. The zero-order chi connectivity index (χ0) is 17.4. The molecule has 1 N–H and O–H groups in total. The Bertz CT molecular complexity index is 1050. The Balaban J connectivity index is 1.67. The van der Waals surface area contributed by atoms with E-state index in [1.807, 2.05) is 43.5 Å². The second kappa shape index (κ2) is 6.43. The van der Waals surface area contributed by atoms with Crippen LogP contribution in [-0.4, -0.2) is 15.6 Å². The van der Waals surface area contributed by atoms with Gasteiger partial charge >= 0.3 is 0 Å². The molecular formula is C19H14ClN3OS. The highest BCUT2D eigenvalue weighted by atomic mass is 35.5. The van der Waals surface area contributed by atoms with E-state index in [0.29, 0.717) is 20.8 Å². The van der Waals surface area contributed by atoms with Gasteiger partial charge in [0.05, 0.1) is 15.6 Å². The molecule has 1 fully saturated rings. The van der Waals surface area contributed by atoms with Gasteiger partial charge in [-0.2, -0.15) is 0 Å². The smallest absolute Gasteiger partial charge is 0.264 e. The number of carbonyl (C=O) groups excluding carboxylic acids is 1. The number of amidine groups is 1. The molecule has 0 bridgehead atoms. The van der Waals surface area contributed by atoms with E-state index in [0.717, 1.165) is 16.6 Å². The summed E-state index contributed by atoms with van der Waals surface area (Å²) in [5, 5.41) is 5.02. The molecule has 4 nitrogen and oxygen atoms in total. The van der Waals surface area contributed by atoms with Crippen LogP contribution in [0.1, 0.15) is 5.69 Å². The van der Waals surface area contributed by atoms with Crippen LogP contribution in [-0.2, 0) is 11.8 Å². The van der Waals surface area contributed by atoms with Crippen molar-refractivity contribution in [3.05, 3.63) is 70.2 Å². The van der Waals surface area contributed by atoms with Crippen LogP contribution in [0.5, 0.6) is 0 Å². The Morgan fingerprint density at radius 3 is 2.72 bits per heavy atom. The quantitative estimate of drug-likeness (QED) is 0.666. The van der Waals surface area contributed by atoms with Crippen molar-refractivity contribution in [2.24, 2.45) is 12.0 Å². The maximum atomic E-state index is 12.3. The summed E-state index contributed by atoms with van der Waals surface area (Å²) in [6.07, 6.45) is 1.88. The number of aliphatic imine (C=N–C) groups is 1. The van der Waals surface area contributed by atoms with Crippen LogP contribution in [0.2, 0.25) is 5.02 Å². The number of hydrogen-bond acceptors (Lipinski definition) is 3. The first-order valence-corrected chi connectivity index (χ1v) is 8.90. The molecule has 1 amide bonds. The fraction of sp³-hybridized carbons (Fsp3) is 0.0526. The molecule has 1 aliphatic heterocycles. The van der Waals surface area contributed by atoms with Gasteiger partial charge in [0.25, 0.3) is 5.91 Å². The van der Waals surface area contributed by atoms with Crippen molar-refractivity contribution < 1.29 is 4.79 Å². The fourth-order valence-corrected chi connectivity index (χ4v) is 3.71. The Hall–Kier alpha value is -2.50. The van der Waals surface area contributed by atoms with E-state index in [2.05, 4.69) is 33.1 Å². The number of carbonyl (C=O) groups is 1. The Labute approximate surface area is 154 Å². The molecule has 1 aliphatic rings. The van der Waals surface area contributed by atoms with Crippen LogP contribution < -0.4 is 5.32 Å². The van der Waals surface area contributed by atoms with Crippen LogP contribution in [0.4, 0.5) is 5.69 Å². The van der Waals surface area contributed by atoms with E-state index < -0.39 is 0 Å². The number of aromatic nitrogens is 1. The first-order valence-electron chi connectivity index (χ1n) is 7.70. The van der Waals surface area contributed by atoms with Gasteiger partial charge in [-0.05, 0) is 42.1 Å². The molecule has 6 heteroatoms. The minimum atomic E-state index is -0.152. The summed E-state index contributed by atoms with van der Waals surface area (Å²) in [4.78, 5) is 17.3.